The van der Waals surface area contributed by atoms with Crippen molar-refractivity contribution in [2.75, 3.05) is 38.1 Å². The highest BCUT2D eigenvalue weighted by Crippen LogP contribution is 2.26. The maximum Gasteiger partial charge on any atom is 0.247 e. The number of nitrogens with two attached hydrogens (primary N) is 1. The van der Waals surface area contributed by atoms with Crippen molar-refractivity contribution in [1.82, 2.24) is 10.2 Å². The predicted octanol–water partition coefficient (Wildman–Crippen LogP) is 2.66. The topological polar surface area (TPSA) is 121 Å². The fourth-order valence-electron chi connectivity index (χ4n) is 4.33. The van der Waals surface area contributed by atoms with Gasteiger partial charge < -0.3 is 25.5 Å². The molecule has 0 saturated carbocycles. The quantitative estimate of drug-likeness (QED) is 0.199. The van der Waals surface area contributed by atoms with Crippen LogP contribution in [-0.4, -0.2) is 61.8 Å². The van der Waals surface area contributed by atoms with Gasteiger partial charge in [-0.2, -0.15) is 0 Å². The third kappa shape index (κ3) is 6.90. The second-order valence-electron chi connectivity index (χ2n) is 9.00. The first kappa shape index (κ1) is 26.4. The molecule has 0 radical (unpaired) electrons. The van der Waals surface area contributed by atoms with Gasteiger partial charge in [0.25, 0.3) is 0 Å². The largest absolute Gasteiger partial charge is 0.385 e. The van der Waals surface area contributed by atoms with E-state index in [4.69, 9.17) is 15.9 Å². The van der Waals surface area contributed by atoms with Crippen LogP contribution in [0.25, 0.3) is 0 Å². The third-order valence-corrected chi connectivity index (χ3v) is 6.48. The van der Waals surface area contributed by atoms with Gasteiger partial charge in [-0.25, -0.2) is 0 Å². The Morgan fingerprint density at radius 1 is 1.17 bits per heavy atom. The van der Waals surface area contributed by atoms with E-state index >= 15 is 0 Å². The zero-order valence-electron chi connectivity index (χ0n) is 20.7. The Labute approximate surface area is 207 Å². The van der Waals surface area contributed by atoms with Gasteiger partial charge in [-0.15, -0.1) is 0 Å². The fraction of sp³-hybridized carbons (Fsp3) is 0.444. The summed E-state index contributed by atoms with van der Waals surface area (Å²) in [6.07, 6.45) is 3.03. The standard InChI is InChI=1S/C27H37N5O3/c1-3-35-24(19-33)18-31-27(2,26(34)32-16-4-5-17-32)22-10-6-20(7-11-22)14-15-30-23-12-8-21(9-13-23)25(28)29/h6-13,19,24,30-31H,3-5,14-18H2,1-2H3,(H3,28,29). The van der Waals surface area contributed by atoms with Crippen molar-refractivity contribution in [1.29, 1.82) is 5.41 Å². The van der Waals surface area contributed by atoms with Crippen molar-refractivity contribution in [3.05, 3.63) is 65.2 Å². The Balaban J connectivity index is 1.66. The van der Waals surface area contributed by atoms with Gasteiger partial charge in [0.1, 0.15) is 23.8 Å². The summed E-state index contributed by atoms with van der Waals surface area (Å²) in [5, 5.41) is 14.2. The number of hydrogen-bond acceptors (Lipinski definition) is 6. The van der Waals surface area contributed by atoms with Gasteiger partial charge in [0, 0.05) is 44.0 Å². The van der Waals surface area contributed by atoms with Crippen LogP contribution in [0.3, 0.4) is 0 Å². The van der Waals surface area contributed by atoms with E-state index in [2.05, 4.69) is 10.6 Å². The molecule has 0 spiro atoms. The lowest BCUT2D eigenvalue weighted by molar-refractivity contribution is -0.137. The van der Waals surface area contributed by atoms with E-state index in [9.17, 15) is 9.59 Å². The highest BCUT2D eigenvalue weighted by Gasteiger charge is 2.39. The van der Waals surface area contributed by atoms with Gasteiger partial charge in [0.2, 0.25) is 5.91 Å². The predicted molar refractivity (Wildman–Crippen MR) is 139 cm³/mol. The second kappa shape index (κ2) is 12.5. The molecule has 5 N–H and O–H groups in total. The van der Waals surface area contributed by atoms with E-state index in [1.165, 1.54) is 0 Å². The van der Waals surface area contributed by atoms with E-state index in [0.717, 1.165) is 62.0 Å². The van der Waals surface area contributed by atoms with Crippen molar-refractivity contribution in [2.45, 2.75) is 44.8 Å². The summed E-state index contributed by atoms with van der Waals surface area (Å²) in [6, 6.07) is 15.6. The molecule has 2 aromatic rings. The Kier molecular flexibility index (Phi) is 9.39. The minimum absolute atomic E-state index is 0.0274. The van der Waals surface area contributed by atoms with Crippen molar-refractivity contribution < 1.29 is 14.3 Å². The number of carbonyl (C=O) groups excluding carboxylic acids is 2. The summed E-state index contributed by atoms with van der Waals surface area (Å²) in [4.78, 5) is 26.8. The number of carbonyl (C=O) groups is 2. The van der Waals surface area contributed by atoms with Crippen LogP contribution in [0.5, 0.6) is 0 Å². The molecule has 188 valence electrons. The number of anilines is 1. The van der Waals surface area contributed by atoms with Crippen LogP contribution >= 0.6 is 0 Å². The maximum absolute atomic E-state index is 13.5. The van der Waals surface area contributed by atoms with Crippen LogP contribution in [0.4, 0.5) is 5.69 Å². The van der Waals surface area contributed by atoms with Gasteiger partial charge in [-0.1, -0.05) is 24.3 Å². The summed E-state index contributed by atoms with van der Waals surface area (Å²) >= 11 is 0. The number of rotatable bonds is 13. The van der Waals surface area contributed by atoms with E-state index < -0.39 is 11.6 Å². The van der Waals surface area contributed by atoms with Crippen molar-refractivity contribution in [3.8, 4) is 0 Å². The molecule has 35 heavy (non-hydrogen) atoms. The summed E-state index contributed by atoms with van der Waals surface area (Å²) in [5.41, 5.74) is 8.25. The number of nitrogens with one attached hydrogen (secondary N) is 3. The van der Waals surface area contributed by atoms with Crippen LogP contribution in [0.15, 0.2) is 48.5 Å². The molecule has 1 saturated heterocycles. The summed E-state index contributed by atoms with van der Waals surface area (Å²) in [7, 11) is 0. The molecule has 1 aliphatic rings. The first-order valence-electron chi connectivity index (χ1n) is 12.3. The molecule has 0 bridgehead atoms. The number of ether oxygens (including phenoxy) is 1. The highest BCUT2D eigenvalue weighted by atomic mass is 16.5. The monoisotopic (exact) mass is 479 g/mol. The van der Waals surface area contributed by atoms with Crippen LogP contribution < -0.4 is 16.4 Å². The summed E-state index contributed by atoms with van der Waals surface area (Å²) in [5.74, 6) is 0.0838. The van der Waals surface area contributed by atoms with E-state index in [1.807, 2.05) is 67.3 Å². The van der Waals surface area contributed by atoms with E-state index in [1.54, 1.807) is 0 Å². The maximum atomic E-state index is 13.5. The van der Waals surface area contributed by atoms with E-state index in [-0.39, 0.29) is 18.3 Å². The smallest absolute Gasteiger partial charge is 0.247 e. The normalized spacial score (nSPS) is 15.9. The molecular formula is C27H37N5O3. The molecule has 1 fully saturated rings. The van der Waals surface area contributed by atoms with Crippen LogP contribution in [-0.2, 0) is 26.3 Å². The molecule has 1 amide bonds. The minimum atomic E-state index is -0.946. The Morgan fingerprint density at radius 2 is 1.83 bits per heavy atom. The van der Waals surface area contributed by atoms with Gasteiger partial charge >= 0.3 is 0 Å². The number of likely N-dealkylation sites (tertiary alicyclic amines) is 1. The van der Waals surface area contributed by atoms with Crippen LogP contribution in [0, 0.1) is 5.41 Å². The fourth-order valence-corrected chi connectivity index (χ4v) is 4.33. The second-order valence-corrected chi connectivity index (χ2v) is 9.00. The van der Waals surface area contributed by atoms with Crippen molar-refractivity contribution in [2.24, 2.45) is 5.73 Å². The zero-order chi connectivity index (χ0) is 25.3. The molecular weight excluding hydrogens is 442 g/mol. The number of benzene rings is 2. The summed E-state index contributed by atoms with van der Waals surface area (Å²) in [6.45, 7) is 6.71. The molecule has 2 aromatic carbocycles. The number of aldehydes is 1. The SMILES string of the molecule is CCOC(C=O)CNC(C)(C(=O)N1CCCC1)c1ccc(CCNc2ccc(C(=N)N)cc2)cc1. The lowest BCUT2D eigenvalue weighted by Gasteiger charge is -2.35. The van der Waals surface area contributed by atoms with Crippen molar-refractivity contribution in [3.63, 3.8) is 0 Å². The first-order chi connectivity index (χ1) is 16.9. The molecule has 0 aromatic heterocycles. The molecule has 2 atom stereocenters. The van der Waals surface area contributed by atoms with Gasteiger partial charge in [0.15, 0.2) is 0 Å². The molecule has 0 aliphatic carbocycles. The number of nitrogen functional groups attached to an aromatic ring is 1. The molecule has 8 heteroatoms. The average Bonchev–Trinajstić information content (AvgIpc) is 3.41. The molecule has 1 heterocycles. The lowest BCUT2D eigenvalue weighted by Crippen LogP contribution is -2.55. The van der Waals surface area contributed by atoms with Crippen molar-refractivity contribution >= 4 is 23.7 Å². The minimum Gasteiger partial charge on any atom is -0.385 e. The Bertz CT molecular complexity index is 987. The summed E-state index contributed by atoms with van der Waals surface area (Å²) < 4.78 is 5.47. The average molecular weight is 480 g/mol. The van der Waals surface area contributed by atoms with E-state index in [0.29, 0.717) is 12.2 Å². The molecule has 1 aliphatic heterocycles. The van der Waals surface area contributed by atoms with Gasteiger partial charge in [0.05, 0.1) is 0 Å². The number of hydrogen-bond donors (Lipinski definition) is 4. The van der Waals surface area contributed by atoms with Gasteiger partial charge in [-0.3, -0.25) is 15.5 Å². The Morgan fingerprint density at radius 3 is 2.40 bits per heavy atom. The van der Waals surface area contributed by atoms with Crippen LogP contribution in [0.1, 0.15) is 43.4 Å². The molecule has 3 rings (SSSR count). The number of amides is 1. The van der Waals surface area contributed by atoms with Crippen LogP contribution in [0.2, 0.25) is 0 Å². The highest BCUT2D eigenvalue weighted by molar-refractivity contribution is 5.95. The number of amidine groups is 1. The lowest BCUT2D eigenvalue weighted by atomic mass is 9.89. The Hall–Kier alpha value is -3.23. The third-order valence-electron chi connectivity index (χ3n) is 6.48. The zero-order valence-corrected chi connectivity index (χ0v) is 20.7. The van der Waals surface area contributed by atoms with Gasteiger partial charge in [-0.05, 0) is 68.5 Å². The molecule has 8 nitrogen and oxygen atoms in total. The number of nitrogens with zero attached hydrogens (tertiary/aromatic N) is 1. The first-order valence-corrected chi connectivity index (χ1v) is 12.3. The molecule has 2 unspecified atom stereocenters.